The Morgan fingerprint density at radius 1 is 1.53 bits per heavy atom. The monoisotopic (exact) mass is 326 g/mol. The van der Waals surface area contributed by atoms with Crippen LogP contribution in [0.4, 0.5) is 0 Å². The summed E-state index contributed by atoms with van der Waals surface area (Å²) in [7, 11) is 0. The zero-order chi connectivity index (χ0) is 13.9. The molecule has 0 spiro atoms. The van der Waals surface area contributed by atoms with Gasteiger partial charge in [0.05, 0.1) is 12.1 Å². The lowest BCUT2D eigenvalue weighted by Gasteiger charge is -2.38. The number of nitrogens with zero attached hydrogens (tertiary/aromatic N) is 1. The molecule has 1 aliphatic rings. The van der Waals surface area contributed by atoms with Crippen LogP contribution in [0.5, 0.6) is 0 Å². The van der Waals surface area contributed by atoms with Crippen molar-refractivity contribution in [1.29, 1.82) is 0 Å². The number of aliphatic hydroxyl groups excluding tert-OH is 1. The number of hydrogen-bond acceptors (Lipinski definition) is 3. The predicted octanol–water partition coefficient (Wildman–Crippen LogP) is 2.52. The molecule has 0 bridgehead atoms. The Labute approximate surface area is 121 Å². The van der Waals surface area contributed by atoms with Gasteiger partial charge < -0.3 is 10.4 Å². The molecule has 0 saturated heterocycles. The topological polar surface area (TPSA) is 62.2 Å². The Hall–Kier alpha value is -0.940. The molecule has 0 radical (unpaired) electrons. The van der Waals surface area contributed by atoms with Crippen LogP contribution in [0.15, 0.2) is 22.8 Å². The SMILES string of the molecule is CC1CCC(CO)(NC(=O)c2cccc(Br)n2)CC1. The zero-order valence-corrected chi connectivity index (χ0v) is 12.6. The minimum atomic E-state index is -0.479. The molecular weight excluding hydrogens is 308 g/mol. The second-order valence-corrected chi connectivity index (χ2v) is 6.23. The van der Waals surface area contributed by atoms with Crippen LogP contribution in [0.3, 0.4) is 0 Å². The van der Waals surface area contributed by atoms with E-state index in [0.29, 0.717) is 16.2 Å². The van der Waals surface area contributed by atoms with Gasteiger partial charge in [0.15, 0.2) is 0 Å². The van der Waals surface area contributed by atoms with E-state index < -0.39 is 5.54 Å². The lowest BCUT2D eigenvalue weighted by Crippen LogP contribution is -2.53. The maximum absolute atomic E-state index is 12.2. The third-order valence-corrected chi connectivity index (χ3v) is 4.30. The molecule has 1 amide bonds. The molecule has 0 atom stereocenters. The average molecular weight is 327 g/mol. The number of rotatable bonds is 3. The first-order chi connectivity index (χ1) is 9.04. The summed E-state index contributed by atoms with van der Waals surface area (Å²) in [5.74, 6) is 0.450. The normalized spacial score (nSPS) is 27.0. The van der Waals surface area contributed by atoms with Crippen molar-refractivity contribution < 1.29 is 9.90 Å². The maximum atomic E-state index is 12.2. The average Bonchev–Trinajstić information content (AvgIpc) is 2.42. The van der Waals surface area contributed by atoms with Crippen molar-refractivity contribution >= 4 is 21.8 Å². The third kappa shape index (κ3) is 3.54. The minimum Gasteiger partial charge on any atom is -0.394 e. The van der Waals surface area contributed by atoms with Crippen molar-refractivity contribution in [2.75, 3.05) is 6.61 Å². The molecule has 1 aromatic heterocycles. The lowest BCUT2D eigenvalue weighted by atomic mass is 9.77. The van der Waals surface area contributed by atoms with E-state index >= 15 is 0 Å². The van der Waals surface area contributed by atoms with E-state index in [0.717, 1.165) is 25.7 Å². The van der Waals surface area contributed by atoms with Crippen LogP contribution in [0.25, 0.3) is 0 Å². The first kappa shape index (κ1) is 14.5. The molecule has 5 heteroatoms. The van der Waals surface area contributed by atoms with Gasteiger partial charge in [-0.1, -0.05) is 13.0 Å². The molecule has 1 aliphatic carbocycles. The van der Waals surface area contributed by atoms with E-state index in [1.807, 2.05) is 0 Å². The number of carbonyl (C=O) groups excluding carboxylic acids is 1. The van der Waals surface area contributed by atoms with Gasteiger partial charge in [-0.2, -0.15) is 0 Å². The zero-order valence-electron chi connectivity index (χ0n) is 11.0. The number of nitrogens with one attached hydrogen (secondary N) is 1. The van der Waals surface area contributed by atoms with Crippen LogP contribution in [0, 0.1) is 5.92 Å². The summed E-state index contributed by atoms with van der Waals surface area (Å²) >= 11 is 3.25. The fourth-order valence-corrected chi connectivity index (χ4v) is 2.82. The van der Waals surface area contributed by atoms with E-state index in [-0.39, 0.29) is 12.5 Å². The highest BCUT2D eigenvalue weighted by molar-refractivity contribution is 9.10. The van der Waals surface area contributed by atoms with Crippen molar-refractivity contribution in [2.24, 2.45) is 5.92 Å². The Balaban J connectivity index is 2.08. The number of amides is 1. The highest BCUT2D eigenvalue weighted by Crippen LogP contribution is 2.31. The summed E-state index contributed by atoms with van der Waals surface area (Å²) in [6.45, 7) is 2.19. The molecule has 1 aromatic rings. The molecule has 1 heterocycles. The van der Waals surface area contributed by atoms with Crippen molar-refractivity contribution in [1.82, 2.24) is 10.3 Å². The predicted molar refractivity (Wildman–Crippen MR) is 76.9 cm³/mol. The second kappa shape index (κ2) is 6.01. The minimum absolute atomic E-state index is 0.0144. The second-order valence-electron chi connectivity index (χ2n) is 5.42. The van der Waals surface area contributed by atoms with Gasteiger partial charge in [-0.15, -0.1) is 0 Å². The number of pyridine rings is 1. The van der Waals surface area contributed by atoms with Crippen molar-refractivity contribution in [3.8, 4) is 0 Å². The van der Waals surface area contributed by atoms with Gasteiger partial charge in [-0.05, 0) is 59.7 Å². The lowest BCUT2D eigenvalue weighted by molar-refractivity contribution is 0.0712. The van der Waals surface area contributed by atoms with Crippen molar-refractivity contribution in [2.45, 2.75) is 38.1 Å². The Morgan fingerprint density at radius 2 is 2.21 bits per heavy atom. The summed E-state index contributed by atoms with van der Waals surface area (Å²) in [6, 6.07) is 5.23. The van der Waals surface area contributed by atoms with Crippen molar-refractivity contribution in [3.63, 3.8) is 0 Å². The number of carbonyl (C=O) groups is 1. The Bertz CT molecular complexity index is 457. The first-order valence-electron chi connectivity index (χ1n) is 6.61. The van der Waals surface area contributed by atoms with Crippen LogP contribution in [0.1, 0.15) is 43.1 Å². The van der Waals surface area contributed by atoms with Crippen molar-refractivity contribution in [3.05, 3.63) is 28.5 Å². The van der Waals surface area contributed by atoms with Gasteiger partial charge in [0.1, 0.15) is 10.3 Å². The first-order valence-corrected chi connectivity index (χ1v) is 7.40. The van der Waals surface area contributed by atoms with Crippen LogP contribution in [-0.2, 0) is 0 Å². The van der Waals surface area contributed by atoms with Crippen LogP contribution in [-0.4, -0.2) is 28.1 Å². The van der Waals surface area contributed by atoms with E-state index in [1.165, 1.54) is 0 Å². The highest BCUT2D eigenvalue weighted by atomic mass is 79.9. The van der Waals surface area contributed by atoms with E-state index in [4.69, 9.17) is 0 Å². The smallest absolute Gasteiger partial charge is 0.270 e. The summed E-state index contributed by atoms with van der Waals surface area (Å²) in [6.07, 6.45) is 3.72. The van der Waals surface area contributed by atoms with Gasteiger partial charge in [0.2, 0.25) is 0 Å². The standard InChI is InChI=1S/C14H19BrN2O2/c1-10-5-7-14(9-18,8-6-10)17-13(19)11-3-2-4-12(15)16-11/h2-4,10,18H,5-9H2,1H3,(H,17,19). The van der Waals surface area contributed by atoms with Crippen LogP contribution in [0.2, 0.25) is 0 Å². The molecule has 104 valence electrons. The maximum Gasteiger partial charge on any atom is 0.270 e. The largest absolute Gasteiger partial charge is 0.394 e. The molecule has 2 rings (SSSR count). The van der Waals surface area contributed by atoms with E-state index in [1.54, 1.807) is 18.2 Å². The number of aromatic nitrogens is 1. The van der Waals surface area contributed by atoms with Gasteiger partial charge in [0.25, 0.3) is 5.91 Å². The van der Waals surface area contributed by atoms with Gasteiger partial charge >= 0.3 is 0 Å². The molecule has 4 nitrogen and oxygen atoms in total. The van der Waals surface area contributed by atoms with Gasteiger partial charge in [0, 0.05) is 0 Å². The molecule has 2 N–H and O–H groups in total. The quantitative estimate of drug-likeness (QED) is 0.839. The van der Waals surface area contributed by atoms with E-state index in [9.17, 15) is 9.90 Å². The van der Waals surface area contributed by atoms with Gasteiger partial charge in [-0.25, -0.2) is 4.98 Å². The third-order valence-electron chi connectivity index (χ3n) is 3.86. The van der Waals surface area contributed by atoms with Gasteiger partial charge in [-0.3, -0.25) is 4.79 Å². The summed E-state index contributed by atoms with van der Waals surface area (Å²) in [5.41, 5.74) is -0.103. The number of halogens is 1. The van der Waals surface area contributed by atoms with Crippen LogP contribution >= 0.6 is 15.9 Å². The summed E-state index contributed by atoms with van der Waals surface area (Å²) < 4.78 is 0.635. The molecule has 0 unspecified atom stereocenters. The van der Waals surface area contributed by atoms with E-state index in [2.05, 4.69) is 33.2 Å². The molecular formula is C14H19BrN2O2. The number of aliphatic hydroxyl groups is 1. The highest BCUT2D eigenvalue weighted by Gasteiger charge is 2.35. The fraction of sp³-hybridized carbons (Fsp3) is 0.571. The summed E-state index contributed by atoms with van der Waals surface area (Å²) in [4.78, 5) is 16.3. The summed E-state index contributed by atoms with van der Waals surface area (Å²) in [5, 5.41) is 12.6. The number of hydrogen-bond donors (Lipinski definition) is 2. The molecule has 0 aliphatic heterocycles. The molecule has 1 fully saturated rings. The van der Waals surface area contributed by atoms with Crippen LogP contribution < -0.4 is 5.32 Å². The fourth-order valence-electron chi connectivity index (χ4n) is 2.48. The molecule has 1 saturated carbocycles. The molecule has 0 aromatic carbocycles. The Kier molecular flexibility index (Phi) is 4.58. The molecule has 19 heavy (non-hydrogen) atoms. The Morgan fingerprint density at radius 3 is 2.79 bits per heavy atom.